The van der Waals surface area contributed by atoms with Gasteiger partial charge < -0.3 is 9.52 Å². The Kier molecular flexibility index (Phi) is 1.37. The van der Waals surface area contributed by atoms with Crippen LogP contribution >= 0.6 is 0 Å². The molecular weight excluding hydrogens is 156 g/mol. The average Bonchev–Trinajstić information content (AvgIpc) is 2.07. The molecule has 60 valence electrons. The molecule has 0 fully saturated rings. The number of rotatable bonds is 0. The number of fused-ring (bicyclic) bond motifs is 1. The van der Waals surface area contributed by atoms with Crippen molar-refractivity contribution in [2.75, 3.05) is 0 Å². The van der Waals surface area contributed by atoms with Crippen molar-refractivity contribution >= 4 is 11.0 Å². The molecule has 0 aliphatic rings. The summed E-state index contributed by atoms with van der Waals surface area (Å²) in [7, 11) is 0. The van der Waals surface area contributed by atoms with E-state index < -0.39 is 5.63 Å². The van der Waals surface area contributed by atoms with Crippen molar-refractivity contribution < 1.29 is 9.52 Å². The largest absolute Gasteiger partial charge is 0.504 e. The molecule has 3 nitrogen and oxygen atoms in total. The molecule has 0 aliphatic heterocycles. The SMILES string of the molecule is O=c1ccc2cccc(O)c2o1. The van der Waals surface area contributed by atoms with Gasteiger partial charge in [0.15, 0.2) is 11.3 Å². The van der Waals surface area contributed by atoms with E-state index in [0.717, 1.165) is 5.39 Å². The van der Waals surface area contributed by atoms with Gasteiger partial charge in [-0.2, -0.15) is 0 Å². The van der Waals surface area contributed by atoms with Crippen molar-refractivity contribution in [2.24, 2.45) is 0 Å². The zero-order valence-electron chi connectivity index (χ0n) is 6.15. The second-order valence-electron chi connectivity index (χ2n) is 2.45. The minimum Gasteiger partial charge on any atom is -0.504 e. The van der Waals surface area contributed by atoms with Gasteiger partial charge >= 0.3 is 5.63 Å². The Morgan fingerprint density at radius 3 is 2.83 bits per heavy atom. The quantitative estimate of drug-likeness (QED) is 0.597. The molecule has 0 aliphatic carbocycles. The minimum absolute atomic E-state index is 0.00907. The number of benzene rings is 1. The lowest BCUT2D eigenvalue weighted by atomic mass is 10.2. The van der Waals surface area contributed by atoms with Gasteiger partial charge in [0.1, 0.15) is 0 Å². The van der Waals surface area contributed by atoms with E-state index in [1.165, 1.54) is 12.1 Å². The first kappa shape index (κ1) is 6.91. The lowest BCUT2D eigenvalue weighted by molar-refractivity contribution is 0.457. The highest BCUT2D eigenvalue weighted by Gasteiger charge is 2.00. The second-order valence-corrected chi connectivity index (χ2v) is 2.45. The summed E-state index contributed by atoms with van der Waals surface area (Å²) in [4.78, 5) is 10.8. The van der Waals surface area contributed by atoms with Crippen LogP contribution in [0.15, 0.2) is 39.5 Å². The van der Waals surface area contributed by atoms with Gasteiger partial charge in [0.2, 0.25) is 0 Å². The van der Waals surface area contributed by atoms with Crippen molar-refractivity contribution in [3.63, 3.8) is 0 Å². The third kappa shape index (κ3) is 0.955. The molecule has 0 saturated carbocycles. The summed E-state index contributed by atoms with van der Waals surface area (Å²) in [6.07, 6.45) is 0. The Balaban J connectivity index is 2.97. The van der Waals surface area contributed by atoms with Gasteiger partial charge in [0.05, 0.1) is 0 Å². The molecule has 0 saturated heterocycles. The highest BCUT2D eigenvalue weighted by Crippen LogP contribution is 2.21. The molecule has 0 spiro atoms. The first-order valence-corrected chi connectivity index (χ1v) is 3.49. The normalized spacial score (nSPS) is 10.3. The van der Waals surface area contributed by atoms with Gasteiger partial charge in [0.25, 0.3) is 0 Å². The van der Waals surface area contributed by atoms with E-state index in [0.29, 0.717) is 0 Å². The van der Waals surface area contributed by atoms with Gasteiger partial charge in [-0.25, -0.2) is 4.79 Å². The Bertz CT molecular complexity index is 470. The summed E-state index contributed by atoms with van der Waals surface area (Å²) < 4.78 is 4.79. The van der Waals surface area contributed by atoms with Crippen LogP contribution in [0.1, 0.15) is 0 Å². The molecule has 1 heterocycles. The predicted molar refractivity (Wildman–Crippen MR) is 44.1 cm³/mol. The number of phenols is 1. The first-order chi connectivity index (χ1) is 5.77. The Hall–Kier alpha value is -1.77. The summed E-state index contributed by atoms with van der Waals surface area (Å²) in [5, 5.41) is 9.98. The monoisotopic (exact) mass is 162 g/mol. The molecule has 0 bridgehead atoms. The third-order valence-corrected chi connectivity index (χ3v) is 1.63. The number of hydrogen-bond acceptors (Lipinski definition) is 3. The fourth-order valence-corrected chi connectivity index (χ4v) is 1.08. The predicted octanol–water partition coefficient (Wildman–Crippen LogP) is 1.50. The maximum absolute atomic E-state index is 10.8. The Labute approximate surface area is 67.9 Å². The average molecular weight is 162 g/mol. The van der Waals surface area contributed by atoms with E-state index >= 15 is 0 Å². The standard InChI is InChI=1S/C9H6O3/c10-7-3-1-2-6-4-5-8(11)12-9(6)7/h1-5,10H. The van der Waals surface area contributed by atoms with E-state index in [2.05, 4.69) is 0 Å². The van der Waals surface area contributed by atoms with Crippen LogP contribution in [0.5, 0.6) is 5.75 Å². The van der Waals surface area contributed by atoms with Crippen molar-refractivity contribution in [1.29, 1.82) is 0 Å². The van der Waals surface area contributed by atoms with Gasteiger partial charge in [-0.15, -0.1) is 0 Å². The minimum atomic E-state index is -0.455. The fourth-order valence-electron chi connectivity index (χ4n) is 1.08. The topological polar surface area (TPSA) is 50.4 Å². The van der Waals surface area contributed by atoms with Crippen LogP contribution in [-0.2, 0) is 0 Å². The number of hydrogen-bond donors (Lipinski definition) is 1. The highest BCUT2D eigenvalue weighted by atomic mass is 16.4. The molecule has 0 radical (unpaired) electrons. The summed E-state index contributed by atoms with van der Waals surface area (Å²) in [5.41, 5.74) is -0.214. The fraction of sp³-hybridized carbons (Fsp3) is 0. The maximum atomic E-state index is 10.8. The second kappa shape index (κ2) is 2.37. The van der Waals surface area contributed by atoms with Crippen LogP contribution < -0.4 is 5.63 Å². The van der Waals surface area contributed by atoms with E-state index in [-0.39, 0.29) is 11.3 Å². The van der Waals surface area contributed by atoms with Crippen LogP contribution in [0.2, 0.25) is 0 Å². The smallest absolute Gasteiger partial charge is 0.336 e. The first-order valence-electron chi connectivity index (χ1n) is 3.49. The third-order valence-electron chi connectivity index (χ3n) is 1.63. The molecule has 0 atom stereocenters. The van der Waals surface area contributed by atoms with Gasteiger partial charge in [-0.05, 0) is 12.1 Å². The molecule has 12 heavy (non-hydrogen) atoms. The molecule has 1 N–H and O–H groups in total. The molecule has 0 amide bonds. The van der Waals surface area contributed by atoms with Crippen LogP contribution in [0.4, 0.5) is 0 Å². The van der Waals surface area contributed by atoms with Gasteiger partial charge in [-0.1, -0.05) is 12.1 Å². The van der Waals surface area contributed by atoms with E-state index in [1.807, 2.05) is 0 Å². The van der Waals surface area contributed by atoms with Crippen LogP contribution in [-0.4, -0.2) is 5.11 Å². The van der Waals surface area contributed by atoms with Crippen molar-refractivity contribution in [3.05, 3.63) is 40.8 Å². The molecule has 3 heteroatoms. The summed E-state index contributed by atoms with van der Waals surface area (Å²) in [6.45, 7) is 0. The maximum Gasteiger partial charge on any atom is 0.336 e. The van der Waals surface area contributed by atoms with Crippen LogP contribution in [0.25, 0.3) is 11.0 Å². The zero-order valence-corrected chi connectivity index (χ0v) is 6.15. The molecule has 2 rings (SSSR count). The summed E-state index contributed by atoms with van der Waals surface area (Å²) >= 11 is 0. The highest BCUT2D eigenvalue weighted by molar-refractivity contribution is 5.81. The molecule has 1 aromatic carbocycles. The zero-order chi connectivity index (χ0) is 8.55. The molecule has 1 aromatic heterocycles. The lowest BCUT2D eigenvalue weighted by Gasteiger charge is -1.96. The van der Waals surface area contributed by atoms with Crippen LogP contribution in [0.3, 0.4) is 0 Å². The van der Waals surface area contributed by atoms with Crippen molar-refractivity contribution in [2.45, 2.75) is 0 Å². The molecular formula is C9H6O3. The lowest BCUT2D eigenvalue weighted by Crippen LogP contribution is -1.93. The van der Waals surface area contributed by atoms with E-state index in [1.54, 1.807) is 18.2 Å². The van der Waals surface area contributed by atoms with Crippen molar-refractivity contribution in [1.82, 2.24) is 0 Å². The molecule has 2 aromatic rings. The van der Waals surface area contributed by atoms with E-state index in [4.69, 9.17) is 4.42 Å². The number of phenolic OH excluding ortho intramolecular Hbond substituents is 1. The van der Waals surface area contributed by atoms with Gasteiger partial charge in [0, 0.05) is 11.5 Å². The summed E-state index contributed by atoms with van der Waals surface area (Å²) in [5.74, 6) is -0.00907. The number of para-hydroxylation sites is 1. The van der Waals surface area contributed by atoms with Crippen molar-refractivity contribution in [3.8, 4) is 5.75 Å². The molecule has 0 unspecified atom stereocenters. The van der Waals surface area contributed by atoms with Gasteiger partial charge in [-0.3, -0.25) is 0 Å². The Morgan fingerprint density at radius 2 is 2.00 bits per heavy atom. The summed E-state index contributed by atoms with van der Waals surface area (Å²) in [6, 6.07) is 7.86. The number of aromatic hydroxyl groups is 1. The van der Waals surface area contributed by atoms with Crippen LogP contribution in [0, 0.1) is 0 Å². The van der Waals surface area contributed by atoms with E-state index in [9.17, 15) is 9.90 Å². The Morgan fingerprint density at radius 1 is 1.17 bits per heavy atom.